The Bertz CT molecular complexity index is 567. The molecule has 0 atom stereocenters. The summed E-state index contributed by atoms with van der Waals surface area (Å²) in [5, 5.41) is 0. The Labute approximate surface area is 119 Å². The molecule has 0 bridgehead atoms. The SMILES string of the molecule is Cc1cc(OCc2cnc(NN)cn2)ccc1C(C)C. The van der Waals surface area contributed by atoms with Crippen molar-refractivity contribution in [2.45, 2.75) is 33.3 Å². The van der Waals surface area contributed by atoms with Gasteiger partial charge in [0, 0.05) is 0 Å². The molecule has 3 N–H and O–H groups in total. The Kier molecular flexibility index (Phi) is 4.53. The van der Waals surface area contributed by atoms with Gasteiger partial charge in [-0.1, -0.05) is 19.9 Å². The third kappa shape index (κ3) is 3.45. The van der Waals surface area contributed by atoms with Gasteiger partial charge in [0.05, 0.1) is 18.1 Å². The third-order valence-electron chi connectivity index (χ3n) is 3.10. The fraction of sp³-hybridized carbons (Fsp3) is 0.333. The zero-order chi connectivity index (χ0) is 14.5. The van der Waals surface area contributed by atoms with Crippen LogP contribution in [0.2, 0.25) is 0 Å². The van der Waals surface area contributed by atoms with Crippen molar-refractivity contribution >= 4 is 5.82 Å². The first kappa shape index (κ1) is 14.3. The first-order chi connectivity index (χ1) is 9.60. The van der Waals surface area contributed by atoms with Crippen LogP contribution >= 0.6 is 0 Å². The highest BCUT2D eigenvalue weighted by Gasteiger charge is 2.05. The second-order valence-corrected chi connectivity index (χ2v) is 5.00. The van der Waals surface area contributed by atoms with E-state index in [1.165, 1.54) is 11.1 Å². The number of benzene rings is 1. The number of hydrogen-bond acceptors (Lipinski definition) is 5. The second kappa shape index (κ2) is 6.34. The predicted octanol–water partition coefficient (Wildman–Crippen LogP) is 2.77. The highest BCUT2D eigenvalue weighted by Crippen LogP contribution is 2.23. The van der Waals surface area contributed by atoms with Crippen molar-refractivity contribution < 1.29 is 4.74 Å². The summed E-state index contributed by atoms with van der Waals surface area (Å²) in [6.07, 6.45) is 3.22. The molecule has 0 aliphatic heterocycles. The molecular weight excluding hydrogens is 252 g/mol. The van der Waals surface area contributed by atoms with Crippen LogP contribution in [0.5, 0.6) is 5.75 Å². The van der Waals surface area contributed by atoms with Crippen LogP contribution < -0.4 is 16.0 Å². The number of anilines is 1. The van der Waals surface area contributed by atoms with Crippen LogP contribution in [0.4, 0.5) is 5.82 Å². The largest absolute Gasteiger partial charge is 0.487 e. The molecule has 0 amide bonds. The van der Waals surface area contributed by atoms with E-state index < -0.39 is 0 Å². The molecular formula is C15H20N4O. The van der Waals surface area contributed by atoms with Gasteiger partial charge in [0.2, 0.25) is 0 Å². The lowest BCUT2D eigenvalue weighted by Crippen LogP contribution is -2.09. The van der Waals surface area contributed by atoms with E-state index >= 15 is 0 Å². The lowest BCUT2D eigenvalue weighted by atomic mass is 9.98. The minimum atomic E-state index is 0.387. The number of nitrogens with zero attached hydrogens (tertiary/aromatic N) is 2. The summed E-state index contributed by atoms with van der Waals surface area (Å²) in [6, 6.07) is 6.16. The van der Waals surface area contributed by atoms with Gasteiger partial charge < -0.3 is 10.2 Å². The van der Waals surface area contributed by atoms with Gasteiger partial charge in [0.1, 0.15) is 12.4 Å². The molecule has 0 saturated carbocycles. The fourth-order valence-corrected chi connectivity index (χ4v) is 2.05. The van der Waals surface area contributed by atoms with Gasteiger partial charge in [-0.25, -0.2) is 10.8 Å². The van der Waals surface area contributed by atoms with Crippen molar-refractivity contribution in [3.63, 3.8) is 0 Å². The van der Waals surface area contributed by atoms with E-state index in [-0.39, 0.29) is 0 Å². The van der Waals surface area contributed by atoms with E-state index in [2.05, 4.69) is 48.3 Å². The highest BCUT2D eigenvalue weighted by molar-refractivity contribution is 5.36. The lowest BCUT2D eigenvalue weighted by Gasteiger charge is -2.12. The van der Waals surface area contributed by atoms with Crippen LogP contribution in [0.15, 0.2) is 30.6 Å². The molecule has 1 heterocycles. The summed E-state index contributed by atoms with van der Waals surface area (Å²) >= 11 is 0. The number of aryl methyl sites for hydroxylation is 1. The van der Waals surface area contributed by atoms with E-state index in [0.29, 0.717) is 18.3 Å². The van der Waals surface area contributed by atoms with Gasteiger partial charge >= 0.3 is 0 Å². The molecule has 0 aliphatic carbocycles. The van der Waals surface area contributed by atoms with Crippen LogP contribution in [-0.2, 0) is 6.61 Å². The number of ether oxygens (including phenoxy) is 1. The monoisotopic (exact) mass is 272 g/mol. The van der Waals surface area contributed by atoms with Crippen LogP contribution in [0, 0.1) is 6.92 Å². The molecule has 1 aromatic heterocycles. The zero-order valence-electron chi connectivity index (χ0n) is 12.1. The molecule has 0 fully saturated rings. The number of aromatic nitrogens is 2. The number of hydrazine groups is 1. The van der Waals surface area contributed by atoms with Crippen LogP contribution in [0.1, 0.15) is 36.6 Å². The zero-order valence-corrected chi connectivity index (χ0v) is 12.1. The minimum Gasteiger partial charge on any atom is -0.487 e. The molecule has 0 unspecified atom stereocenters. The van der Waals surface area contributed by atoms with Gasteiger partial charge in [0.15, 0.2) is 5.82 Å². The highest BCUT2D eigenvalue weighted by atomic mass is 16.5. The first-order valence-electron chi connectivity index (χ1n) is 6.61. The molecule has 5 nitrogen and oxygen atoms in total. The summed E-state index contributed by atoms with van der Waals surface area (Å²) in [4.78, 5) is 8.29. The quantitative estimate of drug-likeness (QED) is 0.646. The predicted molar refractivity (Wildman–Crippen MR) is 79.4 cm³/mol. The maximum Gasteiger partial charge on any atom is 0.158 e. The van der Waals surface area contributed by atoms with E-state index in [9.17, 15) is 0 Å². The molecule has 2 rings (SSSR count). The summed E-state index contributed by atoms with van der Waals surface area (Å²) < 4.78 is 5.73. The van der Waals surface area contributed by atoms with Crippen molar-refractivity contribution in [3.05, 3.63) is 47.4 Å². The molecule has 20 heavy (non-hydrogen) atoms. The third-order valence-corrected chi connectivity index (χ3v) is 3.10. The molecule has 2 aromatic rings. The normalized spacial score (nSPS) is 10.7. The van der Waals surface area contributed by atoms with Crippen LogP contribution in [0.3, 0.4) is 0 Å². The molecule has 0 spiro atoms. The average Bonchev–Trinajstić information content (AvgIpc) is 2.45. The van der Waals surface area contributed by atoms with Crippen LogP contribution in [-0.4, -0.2) is 9.97 Å². The van der Waals surface area contributed by atoms with Crippen molar-refractivity contribution in [2.24, 2.45) is 5.84 Å². The van der Waals surface area contributed by atoms with Crippen molar-refractivity contribution in [1.82, 2.24) is 9.97 Å². The van der Waals surface area contributed by atoms with E-state index in [1.807, 2.05) is 6.07 Å². The Morgan fingerprint density at radius 1 is 1.25 bits per heavy atom. The molecule has 1 aromatic carbocycles. The van der Waals surface area contributed by atoms with Gasteiger partial charge in [-0.3, -0.25) is 4.98 Å². The maximum atomic E-state index is 5.73. The summed E-state index contributed by atoms with van der Waals surface area (Å²) in [6.45, 7) is 6.86. The first-order valence-corrected chi connectivity index (χ1v) is 6.61. The number of nitrogen functional groups attached to an aromatic ring is 1. The van der Waals surface area contributed by atoms with E-state index in [0.717, 1.165) is 11.4 Å². The second-order valence-electron chi connectivity index (χ2n) is 5.00. The van der Waals surface area contributed by atoms with Gasteiger partial charge in [-0.15, -0.1) is 0 Å². The van der Waals surface area contributed by atoms with Crippen molar-refractivity contribution in [1.29, 1.82) is 0 Å². The van der Waals surface area contributed by atoms with Gasteiger partial charge in [-0.2, -0.15) is 0 Å². The maximum absolute atomic E-state index is 5.73. The molecule has 0 saturated heterocycles. The van der Waals surface area contributed by atoms with E-state index in [4.69, 9.17) is 10.6 Å². The fourth-order valence-electron chi connectivity index (χ4n) is 2.05. The number of nitrogens with two attached hydrogens (primary N) is 1. The Morgan fingerprint density at radius 2 is 2.05 bits per heavy atom. The Hall–Kier alpha value is -2.14. The van der Waals surface area contributed by atoms with Crippen molar-refractivity contribution in [3.8, 4) is 5.75 Å². The number of nitrogens with one attached hydrogen (secondary N) is 1. The van der Waals surface area contributed by atoms with Gasteiger partial charge in [0.25, 0.3) is 0 Å². The molecule has 106 valence electrons. The minimum absolute atomic E-state index is 0.387. The summed E-state index contributed by atoms with van der Waals surface area (Å²) in [5.74, 6) is 7.13. The standard InChI is InChI=1S/C15H20N4O/c1-10(2)14-5-4-13(6-11(14)3)20-9-12-7-18-15(19-16)8-17-12/h4-8,10H,9,16H2,1-3H3,(H,18,19). The lowest BCUT2D eigenvalue weighted by molar-refractivity contribution is 0.300. The van der Waals surface area contributed by atoms with Gasteiger partial charge in [-0.05, 0) is 36.1 Å². The Balaban J connectivity index is 2.01. The summed E-state index contributed by atoms with van der Waals surface area (Å²) in [7, 11) is 0. The summed E-state index contributed by atoms with van der Waals surface area (Å²) in [5.41, 5.74) is 5.78. The van der Waals surface area contributed by atoms with Crippen LogP contribution in [0.25, 0.3) is 0 Å². The number of rotatable bonds is 5. The Morgan fingerprint density at radius 3 is 2.60 bits per heavy atom. The average molecular weight is 272 g/mol. The molecule has 0 aliphatic rings. The smallest absolute Gasteiger partial charge is 0.158 e. The van der Waals surface area contributed by atoms with Crippen molar-refractivity contribution in [2.75, 3.05) is 5.43 Å². The topological polar surface area (TPSA) is 73.1 Å². The molecule has 0 radical (unpaired) electrons. The molecule has 5 heteroatoms. The number of hydrogen-bond donors (Lipinski definition) is 2. The van der Waals surface area contributed by atoms with E-state index in [1.54, 1.807) is 12.4 Å².